The standard InChI is InChI=1S/C17H22/c1-17(2,3)16-13-6-4-5-10(13)7-12-8-11-9-14(11)15(12)16/h7,11,14H,4-6,8-9H2,1-3H3. The monoisotopic (exact) mass is 226 g/mol. The fraction of sp³-hybridized carbons (Fsp3) is 0.647. The van der Waals surface area contributed by atoms with E-state index in [0.717, 1.165) is 11.8 Å². The molecule has 0 nitrogen and oxygen atoms in total. The molecule has 0 heteroatoms. The Hall–Kier alpha value is -0.780. The van der Waals surface area contributed by atoms with Crippen molar-refractivity contribution >= 4 is 0 Å². The van der Waals surface area contributed by atoms with Crippen LogP contribution >= 0.6 is 0 Å². The van der Waals surface area contributed by atoms with E-state index in [4.69, 9.17) is 0 Å². The topological polar surface area (TPSA) is 0 Å². The predicted molar refractivity (Wildman–Crippen MR) is 71.7 cm³/mol. The van der Waals surface area contributed by atoms with Gasteiger partial charge in [-0.05, 0) is 77.2 Å². The van der Waals surface area contributed by atoms with Crippen LogP contribution in [0.3, 0.4) is 0 Å². The Morgan fingerprint density at radius 3 is 2.71 bits per heavy atom. The SMILES string of the molecule is CC(C)(C)c1c2c(cc3c1C1CC1C3)CCC2. The predicted octanol–water partition coefficient (Wildman–Crippen LogP) is 4.13. The molecule has 1 fully saturated rings. The third kappa shape index (κ3) is 1.30. The molecule has 0 bridgehead atoms. The fourth-order valence-corrected chi connectivity index (χ4v) is 4.38. The molecule has 0 N–H and O–H groups in total. The number of hydrogen-bond acceptors (Lipinski definition) is 0. The molecular weight excluding hydrogens is 204 g/mol. The highest BCUT2D eigenvalue weighted by Crippen LogP contribution is 2.59. The number of hydrogen-bond donors (Lipinski definition) is 0. The first kappa shape index (κ1) is 10.2. The van der Waals surface area contributed by atoms with E-state index in [-0.39, 0.29) is 0 Å². The first-order chi connectivity index (χ1) is 8.05. The summed E-state index contributed by atoms with van der Waals surface area (Å²) in [6.45, 7) is 7.24. The summed E-state index contributed by atoms with van der Waals surface area (Å²) in [4.78, 5) is 0. The zero-order chi connectivity index (χ0) is 11.8. The van der Waals surface area contributed by atoms with Gasteiger partial charge in [0.15, 0.2) is 0 Å². The van der Waals surface area contributed by atoms with Crippen LogP contribution in [0.15, 0.2) is 6.07 Å². The van der Waals surface area contributed by atoms with E-state index in [2.05, 4.69) is 26.8 Å². The minimum Gasteiger partial charge on any atom is -0.0561 e. The van der Waals surface area contributed by atoms with Crippen molar-refractivity contribution in [1.29, 1.82) is 0 Å². The molecule has 0 amide bonds. The molecule has 2 unspecified atom stereocenters. The second kappa shape index (κ2) is 2.96. The largest absolute Gasteiger partial charge is 0.0561 e. The number of benzene rings is 1. The Labute approximate surface area is 104 Å². The van der Waals surface area contributed by atoms with Gasteiger partial charge < -0.3 is 0 Å². The van der Waals surface area contributed by atoms with Gasteiger partial charge in [-0.3, -0.25) is 0 Å². The quantitative estimate of drug-likeness (QED) is 0.624. The molecule has 1 aromatic rings. The molecule has 0 saturated heterocycles. The van der Waals surface area contributed by atoms with Gasteiger partial charge in [-0.2, -0.15) is 0 Å². The third-order valence-electron chi connectivity index (χ3n) is 5.05. The molecule has 0 heterocycles. The van der Waals surface area contributed by atoms with Crippen LogP contribution in [-0.2, 0) is 24.7 Å². The van der Waals surface area contributed by atoms with Crippen LogP contribution in [-0.4, -0.2) is 0 Å². The first-order valence-electron chi connectivity index (χ1n) is 7.23. The summed E-state index contributed by atoms with van der Waals surface area (Å²) in [5.74, 6) is 1.97. The number of fused-ring (bicyclic) bond motifs is 4. The lowest BCUT2D eigenvalue weighted by Crippen LogP contribution is -2.18. The molecule has 1 saturated carbocycles. The van der Waals surface area contributed by atoms with Gasteiger partial charge in [0, 0.05) is 0 Å². The van der Waals surface area contributed by atoms with E-state index in [1.54, 1.807) is 27.8 Å². The number of rotatable bonds is 0. The van der Waals surface area contributed by atoms with Crippen molar-refractivity contribution in [3.05, 3.63) is 33.9 Å². The van der Waals surface area contributed by atoms with Crippen molar-refractivity contribution in [2.45, 2.75) is 64.2 Å². The van der Waals surface area contributed by atoms with Crippen LogP contribution in [0.1, 0.15) is 67.3 Å². The average Bonchev–Trinajstić information content (AvgIpc) is 2.69. The second-order valence-corrected chi connectivity index (χ2v) is 7.37. The Kier molecular flexibility index (Phi) is 1.77. The van der Waals surface area contributed by atoms with Crippen LogP contribution in [0.25, 0.3) is 0 Å². The summed E-state index contributed by atoms with van der Waals surface area (Å²) in [5.41, 5.74) is 9.04. The molecule has 0 aromatic heterocycles. The highest BCUT2D eigenvalue weighted by Gasteiger charge is 2.48. The lowest BCUT2D eigenvalue weighted by molar-refractivity contribution is 0.576. The van der Waals surface area contributed by atoms with Gasteiger partial charge >= 0.3 is 0 Å². The maximum absolute atomic E-state index is 2.57. The van der Waals surface area contributed by atoms with Crippen LogP contribution in [0, 0.1) is 5.92 Å². The van der Waals surface area contributed by atoms with Crippen LogP contribution in [0.2, 0.25) is 0 Å². The molecule has 3 aliphatic rings. The maximum atomic E-state index is 2.57. The smallest absolute Gasteiger partial charge is 0.0121 e. The fourth-order valence-electron chi connectivity index (χ4n) is 4.38. The minimum absolute atomic E-state index is 0.344. The van der Waals surface area contributed by atoms with Gasteiger partial charge in [-0.25, -0.2) is 0 Å². The third-order valence-corrected chi connectivity index (χ3v) is 5.05. The van der Waals surface area contributed by atoms with Crippen molar-refractivity contribution in [2.75, 3.05) is 0 Å². The molecule has 3 aliphatic carbocycles. The van der Waals surface area contributed by atoms with Crippen molar-refractivity contribution in [2.24, 2.45) is 5.92 Å². The molecule has 0 radical (unpaired) electrons. The summed E-state index contributed by atoms with van der Waals surface area (Å²) < 4.78 is 0. The first-order valence-corrected chi connectivity index (χ1v) is 7.23. The molecule has 17 heavy (non-hydrogen) atoms. The molecule has 0 spiro atoms. The zero-order valence-electron chi connectivity index (χ0n) is 11.3. The highest BCUT2D eigenvalue weighted by molar-refractivity contribution is 5.57. The van der Waals surface area contributed by atoms with Gasteiger partial charge in [0.05, 0.1) is 0 Å². The van der Waals surface area contributed by atoms with Crippen molar-refractivity contribution < 1.29 is 0 Å². The maximum Gasteiger partial charge on any atom is -0.0121 e. The molecule has 90 valence electrons. The van der Waals surface area contributed by atoms with Gasteiger partial charge in [-0.15, -0.1) is 0 Å². The van der Waals surface area contributed by atoms with Crippen LogP contribution in [0.5, 0.6) is 0 Å². The summed E-state index contributed by atoms with van der Waals surface area (Å²) in [7, 11) is 0. The second-order valence-electron chi connectivity index (χ2n) is 7.37. The number of aryl methyl sites for hydroxylation is 1. The zero-order valence-corrected chi connectivity index (χ0v) is 11.3. The van der Waals surface area contributed by atoms with Crippen molar-refractivity contribution in [3.63, 3.8) is 0 Å². The summed E-state index contributed by atoms with van der Waals surface area (Å²) >= 11 is 0. The van der Waals surface area contributed by atoms with E-state index in [1.165, 1.54) is 32.1 Å². The van der Waals surface area contributed by atoms with Gasteiger partial charge in [0.25, 0.3) is 0 Å². The Bertz CT molecular complexity index is 502. The Morgan fingerprint density at radius 2 is 1.94 bits per heavy atom. The average molecular weight is 226 g/mol. The van der Waals surface area contributed by atoms with Crippen LogP contribution in [0.4, 0.5) is 0 Å². The van der Waals surface area contributed by atoms with E-state index in [9.17, 15) is 0 Å². The molecule has 1 aromatic carbocycles. The molecule has 2 atom stereocenters. The highest BCUT2D eigenvalue weighted by atomic mass is 14.5. The summed E-state index contributed by atoms with van der Waals surface area (Å²) in [6, 6.07) is 2.57. The minimum atomic E-state index is 0.344. The lowest BCUT2D eigenvalue weighted by atomic mass is 9.77. The van der Waals surface area contributed by atoms with Crippen LogP contribution < -0.4 is 0 Å². The summed E-state index contributed by atoms with van der Waals surface area (Å²) in [5, 5.41) is 0. The van der Waals surface area contributed by atoms with Gasteiger partial charge in [-0.1, -0.05) is 26.8 Å². The van der Waals surface area contributed by atoms with E-state index < -0.39 is 0 Å². The Balaban J connectivity index is 2.02. The lowest BCUT2D eigenvalue weighted by Gasteiger charge is -2.27. The van der Waals surface area contributed by atoms with E-state index in [1.807, 2.05) is 0 Å². The molecule has 4 rings (SSSR count). The van der Waals surface area contributed by atoms with Crippen molar-refractivity contribution in [3.8, 4) is 0 Å². The molecule has 0 aliphatic heterocycles. The van der Waals surface area contributed by atoms with E-state index >= 15 is 0 Å². The molecular formula is C17H22. The normalized spacial score (nSPS) is 28.9. The van der Waals surface area contributed by atoms with Crippen molar-refractivity contribution in [1.82, 2.24) is 0 Å². The van der Waals surface area contributed by atoms with E-state index in [0.29, 0.717) is 5.41 Å². The summed E-state index contributed by atoms with van der Waals surface area (Å²) in [6.07, 6.45) is 6.92. The Morgan fingerprint density at radius 1 is 1.12 bits per heavy atom. The van der Waals surface area contributed by atoms with Gasteiger partial charge in [0.2, 0.25) is 0 Å². The van der Waals surface area contributed by atoms with Gasteiger partial charge in [0.1, 0.15) is 0 Å².